The largest absolute Gasteiger partial charge is 0.508 e. The number of halogens is 3. The Bertz CT molecular complexity index is 2090. The third-order valence-electron chi connectivity index (χ3n) is 11.1. The van der Waals surface area contributed by atoms with E-state index in [-0.39, 0.29) is 46.9 Å². The van der Waals surface area contributed by atoms with Crippen molar-refractivity contribution in [3.63, 3.8) is 0 Å². The summed E-state index contributed by atoms with van der Waals surface area (Å²) in [6.45, 7) is 4.45. The number of sulfonamides is 1. The number of ether oxygens (including phenoxy) is 1. The lowest BCUT2D eigenvalue weighted by Gasteiger charge is -2.40. The molecular weight excluding hydrogens is 669 g/mol. The van der Waals surface area contributed by atoms with Crippen molar-refractivity contribution < 1.29 is 31.4 Å². The lowest BCUT2D eigenvalue weighted by Crippen LogP contribution is -2.52. The fraction of sp³-hybridized carbons (Fsp3) is 0.528. The van der Waals surface area contributed by atoms with Crippen LogP contribution in [-0.4, -0.2) is 101 Å². The molecule has 0 saturated carbocycles. The number of piperidine rings is 1. The van der Waals surface area contributed by atoms with Crippen LogP contribution >= 0.6 is 0 Å². The Hall–Kier alpha value is -3.75. The van der Waals surface area contributed by atoms with E-state index in [2.05, 4.69) is 14.9 Å². The van der Waals surface area contributed by atoms with Crippen molar-refractivity contribution in [3.8, 4) is 23.0 Å². The van der Waals surface area contributed by atoms with Crippen LogP contribution in [0.3, 0.4) is 0 Å². The first-order valence-corrected chi connectivity index (χ1v) is 19.2. The number of anilines is 1. The van der Waals surface area contributed by atoms with E-state index >= 15 is 8.78 Å². The van der Waals surface area contributed by atoms with Gasteiger partial charge in [-0.25, -0.2) is 21.6 Å². The number of benzene rings is 2. The number of aromatic nitrogens is 3. The van der Waals surface area contributed by atoms with Crippen LogP contribution in [0.1, 0.15) is 57.4 Å². The van der Waals surface area contributed by atoms with Gasteiger partial charge in [0.2, 0.25) is 10.0 Å². The number of fused-ring (bicyclic) bond motifs is 3. The molecule has 0 amide bonds. The predicted octanol–water partition coefficient (Wildman–Crippen LogP) is 5.74. The molecule has 8 rings (SSSR count). The van der Waals surface area contributed by atoms with Crippen LogP contribution in [0.15, 0.2) is 30.5 Å². The van der Waals surface area contributed by atoms with E-state index < -0.39 is 33.4 Å². The lowest BCUT2D eigenvalue weighted by atomic mass is 9.94. The van der Waals surface area contributed by atoms with Crippen molar-refractivity contribution in [3.05, 3.63) is 47.7 Å². The molecule has 4 aliphatic rings. The average Bonchev–Trinajstić information content (AvgIpc) is 3.62. The molecule has 2 aromatic heterocycles. The van der Waals surface area contributed by atoms with Gasteiger partial charge >= 0.3 is 6.01 Å². The smallest absolute Gasteiger partial charge is 0.319 e. The summed E-state index contributed by atoms with van der Waals surface area (Å²) in [5.74, 6) is -0.844. The van der Waals surface area contributed by atoms with Crippen molar-refractivity contribution in [1.29, 1.82) is 0 Å². The van der Waals surface area contributed by atoms with Gasteiger partial charge in [0.1, 0.15) is 41.4 Å². The Balaban J connectivity index is 1.25. The first-order valence-electron chi connectivity index (χ1n) is 17.6. The fourth-order valence-corrected chi connectivity index (χ4v) is 10.6. The van der Waals surface area contributed by atoms with E-state index in [0.717, 1.165) is 25.8 Å². The Morgan fingerprint density at radius 3 is 2.74 bits per heavy atom. The molecule has 10 nitrogen and oxygen atoms in total. The molecule has 4 aromatic rings. The van der Waals surface area contributed by atoms with Crippen LogP contribution in [0.4, 0.5) is 19.0 Å². The minimum atomic E-state index is -3.39. The maximum atomic E-state index is 17.0. The summed E-state index contributed by atoms with van der Waals surface area (Å²) >= 11 is 0. The maximum Gasteiger partial charge on any atom is 0.319 e. The van der Waals surface area contributed by atoms with Gasteiger partial charge in [-0.15, -0.1) is 0 Å². The first-order chi connectivity index (χ1) is 24.1. The molecule has 50 heavy (non-hydrogen) atoms. The van der Waals surface area contributed by atoms with Gasteiger partial charge < -0.3 is 14.7 Å². The molecule has 0 radical (unpaired) electrons. The Morgan fingerprint density at radius 1 is 1.06 bits per heavy atom. The van der Waals surface area contributed by atoms with Gasteiger partial charge in [0.15, 0.2) is 5.82 Å². The monoisotopic (exact) mass is 710 g/mol. The number of phenolic OH excluding ortho intramolecular Hbond substituents is 1. The summed E-state index contributed by atoms with van der Waals surface area (Å²) in [6, 6.07) is 5.43. The highest BCUT2D eigenvalue weighted by Gasteiger charge is 2.49. The lowest BCUT2D eigenvalue weighted by molar-refractivity contribution is 0.107. The van der Waals surface area contributed by atoms with Crippen LogP contribution < -0.4 is 9.64 Å². The molecule has 1 N–H and O–H groups in total. The molecule has 0 spiro atoms. The molecule has 4 aliphatic heterocycles. The molecule has 4 saturated heterocycles. The second-order valence-corrected chi connectivity index (χ2v) is 16.3. The van der Waals surface area contributed by atoms with Gasteiger partial charge in [0.05, 0.1) is 16.7 Å². The number of phenols is 1. The number of aryl methyl sites for hydroxylation is 1. The Labute approximate surface area is 289 Å². The van der Waals surface area contributed by atoms with E-state index in [9.17, 15) is 17.9 Å². The van der Waals surface area contributed by atoms with Gasteiger partial charge in [-0.3, -0.25) is 9.88 Å². The van der Waals surface area contributed by atoms with Crippen molar-refractivity contribution in [2.24, 2.45) is 0 Å². The maximum absolute atomic E-state index is 17.0. The first kappa shape index (κ1) is 33.4. The molecule has 14 heteroatoms. The molecule has 0 bridgehead atoms. The summed E-state index contributed by atoms with van der Waals surface area (Å²) in [5, 5.41) is 11.9. The topological polar surface area (TPSA) is 112 Å². The predicted molar refractivity (Wildman–Crippen MR) is 185 cm³/mol. The molecule has 6 heterocycles. The van der Waals surface area contributed by atoms with E-state index in [1.807, 2.05) is 11.8 Å². The van der Waals surface area contributed by atoms with Gasteiger partial charge in [0, 0.05) is 50.4 Å². The summed E-state index contributed by atoms with van der Waals surface area (Å²) < 4.78 is 80.6. The second kappa shape index (κ2) is 12.8. The van der Waals surface area contributed by atoms with Crippen LogP contribution in [0.25, 0.3) is 32.9 Å². The second-order valence-electron chi connectivity index (χ2n) is 14.2. The molecule has 1 unspecified atom stereocenters. The minimum absolute atomic E-state index is 0.0655. The van der Waals surface area contributed by atoms with Crippen molar-refractivity contribution in [2.75, 3.05) is 50.0 Å². The van der Waals surface area contributed by atoms with Gasteiger partial charge in [-0.05, 0) is 86.0 Å². The highest BCUT2D eigenvalue weighted by Crippen LogP contribution is 2.42. The number of hydrogen-bond acceptors (Lipinski definition) is 9. The number of alkyl halides is 1. The summed E-state index contributed by atoms with van der Waals surface area (Å²) in [5.41, 5.74) is -0.0562. The molecule has 3 atom stereocenters. The normalized spacial score (nSPS) is 25.8. The molecular formula is C36H41F3N6O4S. The number of aromatic hydroxyl groups is 1. The zero-order chi connectivity index (χ0) is 34.8. The third kappa shape index (κ3) is 5.72. The van der Waals surface area contributed by atoms with Crippen LogP contribution in [0, 0.1) is 11.6 Å². The number of hydrogen-bond donors (Lipinski definition) is 1. The van der Waals surface area contributed by atoms with E-state index in [1.54, 1.807) is 10.4 Å². The molecule has 266 valence electrons. The molecule has 0 aliphatic carbocycles. The van der Waals surface area contributed by atoms with Gasteiger partial charge in [-0.1, -0.05) is 13.0 Å². The Kier molecular flexibility index (Phi) is 8.54. The summed E-state index contributed by atoms with van der Waals surface area (Å²) in [7, 11) is -3.39. The number of nitrogens with zero attached hydrogens (tertiary/aromatic N) is 6. The average molecular weight is 711 g/mol. The SMILES string of the molecule is CCc1c(F)ccc2cc(O)cc(-c3ncc4c(N5CCCC(N6CCCCS6(=O)=O)C5)nc(OC[C@@]56CCCN5C[C@H](F)C6)nc4c3F)c12. The van der Waals surface area contributed by atoms with Crippen molar-refractivity contribution in [2.45, 2.75) is 76.0 Å². The summed E-state index contributed by atoms with van der Waals surface area (Å²) in [6.07, 6.45) is 5.74. The number of rotatable bonds is 7. The van der Waals surface area contributed by atoms with Gasteiger partial charge in [0.25, 0.3) is 0 Å². The zero-order valence-electron chi connectivity index (χ0n) is 28.0. The van der Waals surface area contributed by atoms with Crippen molar-refractivity contribution in [1.82, 2.24) is 24.2 Å². The standard InChI is InChI=1S/C36H41F3N6O4S/c1-2-26-29(38)9-8-22-15-25(46)16-27(30(22)26)32-31(39)33-28(18-40-32)34(43-11-5-7-24(20-43)45-13-3-4-14-50(45,47)48)42-35(41-33)49-21-36-10-6-12-44(36)19-23(37)17-36/h8-9,15-16,18,23-24,46H,2-7,10-14,17,19-21H2,1H3/t23-,24?,36+/m1/s1. The van der Waals surface area contributed by atoms with E-state index in [0.29, 0.717) is 85.8 Å². The van der Waals surface area contributed by atoms with Crippen LogP contribution in [-0.2, 0) is 16.4 Å². The Morgan fingerprint density at radius 2 is 1.92 bits per heavy atom. The number of pyridine rings is 1. The van der Waals surface area contributed by atoms with Crippen molar-refractivity contribution >= 4 is 37.5 Å². The highest BCUT2D eigenvalue weighted by atomic mass is 32.2. The fourth-order valence-electron chi connectivity index (χ4n) is 8.80. The van der Waals surface area contributed by atoms with Gasteiger partial charge in [-0.2, -0.15) is 14.3 Å². The van der Waals surface area contributed by atoms with Crippen LogP contribution in [0.5, 0.6) is 11.8 Å². The quantitative estimate of drug-likeness (QED) is 0.257. The molecule has 4 fully saturated rings. The van der Waals surface area contributed by atoms with Crippen LogP contribution in [0.2, 0.25) is 0 Å². The van der Waals surface area contributed by atoms with E-state index in [1.165, 1.54) is 24.4 Å². The van der Waals surface area contributed by atoms with E-state index in [4.69, 9.17) is 9.72 Å². The minimum Gasteiger partial charge on any atom is -0.508 e. The third-order valence-corrected chi connectivity index (χ3v) is 13.1. The zero-order valence-corrected chi connectivity index (χ0v) is 28.9. The molecule has 2 aromatic carbocycles. The highest BCUT2D eigenvalue weighted by molar-refractivity contribution is 7.89. The summed E-state index contributed by atoms with van der Waals surface area (Å²) in [4.78, 5) is 18.0.